The van der Waals surface area contributed by atoms with E-state index in [0.29, 0.717) is 6.42 Å². The molecule has 0 aromatic heterocycles. The van der Waals surface area contributed by atoms with Gasteiger partial charge in [0.15, 0.2) is 0 Å². The molecule has 0 saturated carbocycles. The molecule has 0 radical (unpaired) electrons. The lowest BCUT2D eigenvalue weighted by Gasteiger charge is -2.06. The minimum atomic E-state index is -4.08. The van der Waals surface area contributed by atoms with Gasteiger partial charge >= 0.3 is 0 Å². The normalized spacial score (nSPS) is 13.4. The minimum absolute atomic E-state index is 0.00246. The molecule has 1 aromatic rings. The summed E-state index contributed by atoms with van der Waals surface area (Å²) in [6.07, 6.45) is 15.8. The standard InChI is InChI=1S/C23H40O3S/c1-3-4-5-6-7-8-9-10-11-12-13-14-15-16-21-26-27(24,25)23-19-17-22(2)18-20-23/h17-20H,3-16,21H2,1-2H3/i21D2. The second kappa shape index (κ2) is 15.1. The van der Waals surface area contributed by atoms with E-state index >= 15 is 0 Å². The Balaban J connectivity index is 2.10. The van der Waals surface area contributed by atoms with Crippen molar-refractivity contribution in [2.24, 2.45) is 0 Å². The van der Waals surface area contributed by atoms with Gasteiger partial charge in [-0.2, -0.15) is 8.42 Å². The molecule has 0 N–H and O–H groups in total. The van der Waals surface area contributed by atoms with Gasteiger partial charge in [-0.15, -0.1) is 0 Å². The Bertz CT molecular complexity index is 643. The van der Waals surface area contributed by atoms with Gasteiger partial charge < -0.3 is 0 Å². The summed E-state index contributed by atoms with van der Waals surface area (Å²) in [5.74, 6) is 0. The molecular formula is C23H40O3S. The molecule has 0 aliphatic heterocycles. The van der Waals surface area contributed by atoms with Gasteiger partial charge in [0.2, 0.25) is 0 Å². The largest absolute Gasteiger partial charge is 0.296 e. The molecule has 0 saturated heterocycles. The van der Waals surface area contributed by atoms with Crippen LogP contribution in [0.5, 0.6) is 0 Å². The lowest BCUT2D eigenvalue weighted by Crippen LogP contribution is -2.07. The quantitative estimate of drug-likeness (QED) is 0.206. The van der Waals surface area contributed by atoms with Crippen molar-refractivity contribution in [2.45, 2.75) is 109 Å². The summed E-state index contributed by atoms with van der Waals surface area (Å²) in [6.45, 7) is 1.95. The van der Waals surface area contributed by atoms with Crippen LogP contribution in [0.15, 0.2) is 29.2 Å². The average Bonchev–Trinajstić information content (AvgIpc) is 2.65. The van der Waals surface area contributed by atoms with E-state index in [1.807, 2.05) is 6.92 Å². The fourth-order valence-electron chi connectivity index (χ4n) is 3.09. The number of rotatable bonds is 17. The van der Waals surface area contributed by atoms with Crippen molar-refractivity contribution < 1.29 is 15.3 Å². The van der Waals surface area contributed by atoms with E-state index in [1.54, 1.807) is 12.1 Å². The molecule has 0 fully saturated rings. The van der Waals surface area contributed by atoms with Gasteiger partial charge in [0.1, 0.15) is 0 Å². The number of aryl methyl sites for hydroxylation is 1. The van der Waals surface area contributed by atoms with Gasteiger partial charge in [-0.3, -0.25) is 4.18 Å². The van der Waals surface area contributed by atoms with Crippen LogP contribution in [0.25, 0.3) is 0 Å². The molecule has 0 aliphatic rings. The van der Waals surface area contributed by atoms with Crippen molar-refractivity contribution in [3.63, 3.8) is 0 Å². The van der Waals surface area contributed by atoms with Crippen molar-refractivity contribution >= 4 is 10.1 Å². The number of hydrogen-bond donors (Lipinski definition) is 0. The van der Waals surface area contributed by atoms with E-state index in [4.69, 9.17) is 6.92 Å². The smallest absolute Gasteiger partial charge is 0.266 e. The summed E-state index contributed by atoms with van der Waals surface area (Å²) in [7, 11) is -4.08. The Morgan fingerprint density at radius 2 is 1.15 bits per heavy atom. The lowest BCUT2D eigenvalue weighted by molar-refractivity contribution is 0.306. The van der Waals surface area contributed by atoms with Crippen molar-refractivity contribution in [1.82, 2.24) is 0 Å². The first-order valence-corrected chi connectivity index (χ1v) is 12.2. The molecule has 0 amide bonds. The summed E-state index contributed by atoms with van der Waals surface area (Å²) < 4.78 is 45.1. The summed E-state index contributed by atoms with van der Waals surface area (Å²) in [5.41, 5.74) is 0.943. The fourth-order valence-corrected chi connectivity index (χ4v) is 3.89. The van der Waals surface area contributed by atoms with Gasteiger partial charge in [-0.25, -0.2) is 0 Å². The van der Waals surface area contributed by atoms with Crippen LogP contribution in [-0.2, 0) is 14.3 Å². The van der Waals surface area contributed by atoms with Crippen LogP contribution in [0.3, 0.4) is 0 Å². The molecule has 156 valence electrons. The third-order valence-electron chi connectivity index (χ3n) is 4.86. The first-order valence-electron chi connectivity index (χ1n) is 11.8. The first-order chi connectivity index (χ1) is 13.8. The molecule has 0 heterocycles. The van der Waals surface area contributed by atoms with Crippen LogP contribution in [0.2, 0.25) is 0 Å². The minimum Gasteiger partial charge on any atom is -0.266 e. The molecule has 1 aromatic carbocycles. The van der Waals surface area contributed by atoms with Crippen LogP contribution in [-0.4, -0.2) is 15.0 Å². The van der Waals surface area contributed by atoms with Crippen LogP contribution < -0.4 is 0 Å². The van der Waals surface area contributed by atoms with E-state index in [-0.39, 0.29) is 11.3 Å². The number of benzene rings is 1. The second-order valence-corrected chi connectivity index (χ2v) is 9.03. The highest BCUT2D eigenvalue weighted by molar-refractivity contribution is 7.86. The van der Waals surface area contributed by atoms with E-state index in [2.05, 4.69) is 6.92 Å². The summed E-state index contributed by atoms with van der Waals surface area (Å²) >= 11 is 0. The van der Waals surface area contributed by atoms with Crippen molar-refractivity contribution in [1.29, 1.82) is 0 Å². The molecule has 1 rings (SSSR count). The first kappa shape index (κ1) is 20.9. The average molecular weight is 399 g/mol. The zero-order valence-electron chi connectivity index (χ0n) is 19.3. The van der Waals surface area contributed by atoms with E-state index in [0.717, 1.165) is 18.4 Å². The Morgan fingerprint density at radius 3 is 1.59 bits per heavy atom. The number of hydrogen-bond acceptors (Lipinski definition) is 3. The van der Waals surface area contributed by atoms with Gasteiger partial charge in [0.25, 0.3) is 10.1 Å². The summed E-state index contributed by atoms with van der Waals surface area (Å²) in [5, 5.41) is 0. The fraction of sp³-hybridized carbons (Fsp3) is 0.739. The Kier molecular flexibility index (Phi) is 11.7. The molecule has 3 nitrogen and oxygen atoms in total. The Morgan fingerprint density at radius 1 is 0.741 bits per heavy atom. The predicted molar refractivity (Wildman–Crippen MR) is 115 cm³/mol. The van der Waals surface area contributed by atoms with E-state index < -0.39 is 16.7 Å². The predicted octanol–water partition coefficient (Wildman–Crippen LogP) is 7.18. The lowest BCUT2D eigenvalue weighted by atomic mass is 10.0. The maximum Gasteiger partial charge on any atom is 0.296 e. The summed E-state index contributed by atoms with van der Waals surface area (Å²) in [6, 6.07) is 6.26. The van der Waals surface area contributed by atoms with Crippen molar-refractivity contribution in [3.8, 4) is 0 Å². The zero-order valence-corrected chi connectivity index (χ0v) is 18.2. The van der Waals surface area contributed by atoms with Crippen molar-refractivity contribution in [2.75, 3.05) is 6.56 Å². The van der Waals surface area contributed by atoms with Crippen LogP contribution in [0.1, 0.15) is 105 Å². The SMILES string of the molecule is [2H]C([2H])(CCCCCCCCCCCCCCC)OS(=O)(=O)c1ccc(C)cc1. The molecular weight excluding hydrogens is 356 g/mol. The Hall–Kier alpha value is -0.870. The molecule has 0 bridgehead atoms. The third kappa shape index (κ3) is 12.2. The topological polar surface area (TPSA) is 43.4 Å². The molecule has 0 spiro atoms. The molecule has 0 unspecified atom stereocenters. The maximum absolute atomic E-state index is 12.2. The highest BCUT2D eigenvalue weighted by Crippen LogP contribution is 2.15. The summed E-state index contributed by atoms with van der Waals surface area (Å²) in [4.78, 5) is -0.00246. The highest BCUT2D eigenvalue weighted by Gasteiger charge is 2.14. The molecule has 0 atom stereocenters. The van der Waals surface area contributed by atoms with Gasteiger partial charge in [0.05, 0.1) is 14.2 Å². The van der Waals surface area contributed by atoms with Gasteiger partial charge in [-0.1, -0.05) is 108 Å². The van der Waals surface area contributed by atoms with Gasteiger partial charge in [-0.05, 0) is 25.5 Å². The van der Waals surface area contributed by atoms with Crippen LogP contribution >= 0.6 is 0 Å². The van der Waals surface area contributed by atoms with Crippen LogP contribution in [0, 0.1) is 6.92 Å². The highest BCUT2D eigenvalue weighted by atomic mass is 32.2. The van der Waals surface area contributed by atoms with E-state index in [9.17, 15) is 8.42 Å². The molecule has 0 aliphatic carbocycles. The monoisotopic (exact) mass is 398 g/mol. The van der Waals surface area contributed by atoms with Gasteiger partial charge in [0, 0.05) is 0 Å². The zero-order chi connectivity index (χ0) is 21.6. The third-order valence-corrected chi connectivity index (χ3v) is 6.05. The van der Waals surface area contributed by atoms with Crippen LogP contribution in [0.4, 0.5) is 0 Å². The molecule has 27 heavy (non-hydrogen) atoms. The Labute approximate surface area is 170 Å². The number of unbranched alkanes of at least 4 members (excludes halogenated alkanes) is 12. The van der Waals surface area contributed by atoms with Crippen molar-refractivity contribution in [3.05, 3.63) is 29.8 Å². The maximum atomic E-state index is 12.2. The molecule has 4 heteroatoms. The van der Waals surface area contributed by atoms with E-state index in [1.165, 1.54) is 76.3 Å². The second-order valence-electron chi connectivity index (χ2n) is 7.49.